The van der Waals surface area contributed by atoms with E-state index in [4.69, 9.17) is 10.2 Å². The molecule has 0 atom stereocenters. The lowest BCUT2D eigenvalue weighted by atomic mass is 10.1. The fourth-order valence-corrected chi connectivity index (χ4v) is 1.95. The van der Waals surface area contributed by atoms with Gasteiger partial charge in [-0.2, -0.15) is 0 Å². The molecule has 0 unspecified atom stereocenters. The number of rotatable bonds is 1. The molecule has 0 bridgehead atoms. The van der Waals surface area contributed by atoms with Crippen LogP contribution in [0.2, 0.25) is 0 Å². The molecule has 0 saturated carbocycles. The number of pyridine rings is 1. The number of nitrogen functional groups attached to an aromatic ring is 1. The first-order chi connectivity index (χ1) is 8.24. The number of para-hydroxylation sites is 1. The maximum atomic E-state index is 5.86. The van der Waals surface area contributed by atoms with E-state index in [1.807, 2.05) is 43.3 Å². The molecule has 0 saturated heterocycles. The van der Waals surface area contributed by atoms with Crippen LogP contribution in [0, 0.1) is 6.92 Å². The molecule has 1 aromatic carbocycles. The highest BCUT2D eigenvalue weighted by Gasteiger charge is 2.07. The molecule has 0 amide bonds. The largest absolute Gasteiger partial charge is 0.456 e. The van der Waals surface area contributed by atoms with E-state index in [0.29, 0.717) is 5.82 Å². The van der Waals surface area contributed by atoms with Gasteiger partial charge in [-0.3, -0.25) is 0 Å². The second-order valence-electron chi connectivity index (χ2n) is 4.07. The third-order valence-corrected chi connectivity index (χ3v) is 2.81. The smallest absolute Gasteiger partial charge is 0.137 e. The van der Waals surface area contributed by atoms with Crippen molar-refractivity contribution in [3.8, 4) is 11.3 Å². The van der Waals surface area contributed by atoms with Crippen LogP contribution in [0.25, 0.3) is 22.3 Å². The zero-order chi connectivity index (χ0) is 11.8. The molecule has 2 N–H and O–H groups in total. The van der Waals surface area contributed by atoms with E-state index in [0.717, 1.165) is 27.9 Å². The number of furan rings is 1. The predicted octanol–water partition coefficient (Wildman–Crippen LogP) is 3.39. The molecule has 0 fully saturated rings. The van der Waals surface area contributed by atoms with Crippen LogP contribution in [0.15, 0.2) is 47.0 Å². The van der Waals surface area contributed by atoms with Crippen LogP contribution in [-0.2, 0) is 0 Å². The number of hydrogen-bond acceptors (Lipinski definition) is 3. The van der Waals surface area contributed by atoms with Crippen LogP contribution in [0.1, 0.15) is 5.56 Å². The van der Waals surface area contributed by atoms with Crippen molar-refractivity contribution in [1.29, 1.82) is 0 Å². The highest BCUT2D eigenvalue weighted by atomic mass is 16.3. The van der Waals surface area contributed by atoms with Crippen molar-refractivity contribution in [3.05, 3.63) is 48.2 Å². The lowest BCUT2D eigenvalue weighted by Gasteiger charge is -1.97. The SMILES string of the molecule is Cc1cccc2cc(-c3ccnc(N)c3)oc12. The van der Waals surface area contributed by atoms with E-state index in [9.17, 15) is 0 Å². The van der Waals surface area contributed by atoms with Crippen LogP contribution in [0.4, 0.5) is 5.82 Å². The first-order valence-corrected chi connectivity index (χ1v) is 5.45. The van der Waals surface area contributed by atoms with E-state index >= 15 is 0 Å². The van der Waals surface area contributed by atoms with E-state index in [1.165, 1.54) is 0 Å². The van der Waals surface area contributed by atoms with Crippen molar-refractivity contribution < 1.29 is 4.42 Å². The molecule has 17 heavy (non-hydrogen) atoms. The number of anilines is 1. The molecular formula is C14H12N2O. The minimum Gasteiger partial charge on any atom is -0.456 e. The summed E-state index contributed by atoms with van der Waals surface area (Å²) in [6.45, 7) is 2.04. The maximum Gasteiger partial charge on any atom is 0.137 e. The van der Waals surface area contributed by atoms with Crippen molar-refractivity contribution in [2.45, 2.75) is 6.92 Å². The van der Waals surface area contributed by atoms with Gasteiger partial charge < -0.3 is 10.2 Å². The van der Waals surface area contributed by atoms with Crippen molar-refractivity contribution >= 4 is 16.8 Å². The fourth-order valence-electron chi connectivity index (χ4n) is 1.95. The Morgan fingerprint density at radius 1 is 1.18 bits per heavy atom. The van der Waals surface area contributed by atoms with Gasteiger partial charge in [0.1, 0.15) is 17.2 Å². The Labute approximate surface area is 98.9 Å². The molecule has 3 aromatic rings. The third-order valence-electron chi connectivity index (χ3n) is 2.81. The van der Waals surface area contributed by atoms with Gasteiger partial charge >= 0.3 is 0 Å². The molecule has 3 heteroatoms. The summed E-state index contributed by atoms with van der Waals surface area (Å²) >= 11 is 0. The Morgan fingerprint density at radius 3 is 2.82 bits per heavy atom. The monoisotopic (exact) mass is 224 g/mol. The van der Waals surface area contributed by atoms with Crippen molar-refractivity contribution in [3.63, 3.8) is 0 Å². The number of benzene rings is 1. The Balaban J connectivity index is 2.22. The van der Waals surface area contributed by atoms with Crippen molar-refractivity contribution in [2.75, 3.05) is 5.73 Å². The zero-order valence-electron chi connectivity index (χ0n) is 9.47. The van der Waals surface area contributed by atoms with E-state index in [2.05, 4.69) is 4.98 Å². The van der Waals surface area contributed by atoms with E-state index in [1.54, 1.807) is 6.20 Å². The van der Waals surface area contributed by atoms with Gasteiger partial charge in [-0.25, -0.2) is 4.98 Å². The fraction of sp³-hybridized carbons (Fsp3) is 0.0714. The molecule has 0 aliphatic heterocycles. The normalized spacial score (nSPS) is 10.9. The summed E-state index contributed by atoms with van der Waals surface area (Å²) in [4.78, 5) is 3.97. The second-order valence-corrected chi connectivity index (χ2v) is 4.07. The Bertz CT molecular complexity index is 686. The van der Waals surface area contributed by atoms with Gasteiger partial charge in [0.15, 0.2) is 0 Å². The number of aryl methyl sites for hydroxylation is 1. The first kappa shape index (κ1) is 9.90. The summed E-state index contributed by atoms with van der Waals surface area (Å²) < 4.78 is 5.86. The standard InChI is InChI=1S/C14H12N2O/c1-9-3-2-4-11-7-12(17-14(9)11)10-5-6-16-13(15)8-10/h2-8H,1H3,(H2,15,16). The average molecular weight is 224 g/mol. The lowest BCUT2D eigenvalue weighted by Crippen LogP contribution is -1.88. The highest BCUT2D eigenvalue weighted by Crippen LogP contribution is 2.29. The molecule has 2 aromatic heterocycles. The Hall–Kier alpha value is -2.29. The molecule has 3 rings (SSSR count). The van der Waals surface area contributed by atoms with Crippen LogP contribution in [0.3, 0.4) is 0 Å². The highest BCUT2D eigenvalue weighted by molar-refractivity contribution is 5.85. The van der Waals surface area contributed by atoms with Gasteiger partial charge in [0, 0.05) is 17.1 Å². The van der Waals surface area contributed by atoms with E-state index in [-0.39, 0.29) is 0 Å². The van der Waals surface area contributed by atoms with Crippen LogP contribution < -0.4 is 5.73 Å². The van der Waals surface area contributed by atoms with Gasteiger partial charge in [0.05, 0.1) is 0 Å². The van der Waals surface area contributed by atoms with Crippen molar-refractivity contribution in [1.82, 2.24) is 4.98 Å². The molecule has 2 heterocycles. The number of fused-ring (bicyclic) bond motifs is 1. The summed E-state index contributed by atoms with van der Waals surface area (Å²) in [6, 6.07) is 11.8. The summed E-state index contributed by atoms with van der Waals surface area (Å²) in [5, 5.41) is 1.11. The average Bonchev–Trinajstić information content (AvgIpc) is 2.74. The summed E-state index contributed by atoms with van der Waals surface area (Å²) in [7, 11) is 0. The summed E-state index contributed by atoms with van der Waals surface area (Å²) in [6.07, 6.45) is 1.69. The molecule has 0 aliphatic carbocycles. The van der Waals surface area contributed by atoms with Gasteiger partial charge in [-0.05, 0) is 30.7 Å². The Kier molecular flexibility index (Phi) is 2.11. The Morgan fingerprint density at radius 2 is 2.06 bits per heavy atom. The number of aromatic nitrogens is 1. The van der Waals surface area contributed by atoms with Crippen LogP contribution in [-0.4, -0.2) is 4.98 Å². The predicted molar refractivity (Wildman–Crippen MR) is 68.6 cm³/mol. The molecule has 0 aliphatic rings. The topological polar surface area (TPSA) is 52.0 Å². The molecule has 0 radical (unpaired) electrons. The van der Waals surface area contributed by atoms with Gasteiger partial charge in [0.25, 0.3) is 0 Å². The maximum absolute atomic E-state index is 5.86. The minimum absolute atomic E-state index is 0.500. The first-order valence-electron chi connectivity index (χ1n) is 5.45. The van der Waals surface area contributed by atoms with Gasteiger partial charge in [-0.15, -0.1) is 0 Å². The lowest BCUT2D eigenvalue weighted by molar-refractivity contribution is 0.629. The summed E-state index contributed by atoms with van der Waals surface area (Å²) in [5.74, 6) is 1.32. The third kappa shape index (κ3) is 1.65. The van der Waals surface area contributed by atoms with Crippen LogP contribution in [0.5, 0.6) is 0 Å². The molecule has 84 valence electrons. The van der Waals surface area contributed by atoms with E-state index < -0.39 is 0 Å². The summed E-state index contributed by atoms with van der Waals surface area (Å²) in [5.41, 5.74) is 8.68. The number of nitrogens with zero attached hydrogens (tertiary/aromatic N) is 1. The number of nitrogens with two attached hydrogens (primary N) is 1. The van der Waals surface area contributed by atoms with Gasteiger partial charge in [0.2, 0.25) is 0 Å². The molecular weight excluding hydrogens is 212 g/mol. The second kappa shape index (κ2) is 3.63. The quantitative estimate of drug-likeness (QED) is 0.689. The molecule has 3 nitrogen and oxygen atoms in total. The zero-order valence-corrected chi connectivity index (χ0v) is 9.47. The van der Waals surface area contributed by atoms with Gasteiger partial charge in [-0.1, -0.05) is 18.2 Å². The van der Waals surface area contributed by atoms with Crippen LogP contribution >= 0.6 is 0 Å². The molecule has 0 spiro atoms. The van der Waals surface area contributed by atoms with Crippen molar-refractivity contribution in [2.24, 2.45) is 0 Å². The minimum atomic E-state index is 0.500. The number of hydrogen-bond donors (Lipinski definition) is 1.